The Morgan fingerprint density at radius 3 is 2.80 bits per heavy atom. The van der Waals surface area contributed by atoms with Crippen LogP contribution >= 0.6 is 11.3 Å². The van der Waals surface area contributed by atoms with Gasteiger partial charge in [-0.25, -0.2) is 4.98 Å². The van der Waals surface area contributed by atoms with E-state index in [2.05, 4.69) is 10.3 Å². The van der Waals surface area contributed by atoms with Crippen LogP contribution in [0.4, 0.5) is 0 Å². The van der Waals surface area contributed by atoms with Crippen molar-refractivity contribution in [3.05, 3.63) is 16.1 Å². The fourth-order valence-electron chi connectivity index (χ4n) is 1.13. The third-order valence-corrected chi connectivity index (χ3v) is 2.58. The van der Waals surface area contributed by atoms with Crippen molar-refractivity contribution in [2.24, 2.45) is 0 Å². The first kappa shape index (κ1) is 11.6. The summed E-state index contributed by atoms with van der Waals surface area (Å²) < 4.78 is 0. The third-order valence-electron chi connectivity index (χ3n) is 1.82. The Hall–Kier alpha value is -1.43. The van der Waals surface area contributed by atoms with Gasteiger partial charge >= 0.3 is 5.97 Å². The van der Waals surface area contributed by atoms with E-state index in [0.717, 1.165) is 4.88 Å². The molecule has 1 aromatic heterocycles. The van der Waals surface area contributed by atoms with Gasteiger partial charge in [0.2, 0.25) is 0 Å². The molecule has 0 aromatic carbocycles. The molecule has 0 radical (unpaired) electrons. The minimum absolute atomic E-state index is 0.0884. The summed E-state index contributed by atoms with van der Waals surface area (Å²) in [6.45, 7) is 3.45. The number of carboxylic acids is 1. The van der Waals surface area contributed by atoms with Gasteiger partial charge < -0.3 is 10.4 Å². The van der Waals surface area contributed by atoms with Crippen LogP contribution in [0.2, 0.25) is 0 Å². The van der Waals surface area contributed by atoms with Gasteiger partial charge in [0.15, 0.2) is 0 Å². The van der Waals surface area contributed by atoms with E-state index in [1.54, 1.807) is 19.4 Å². The zero-order valence-corrected chi connectivity index (χ0v) is 9.30. The molecule has 0 aliphatic rings. The lowest BCUT2D eigenvalue weighted by molar-refractivity contribution is -0.137. The lowest BCUT2D eigenvalue weighted by Crippen LogP contribution is -2.34. The van der Waals surface area contributed by atoms with Crippen LogP contribution in [0.5, 0.6) is 0 Å². The zero-order valence-electron chi connectivity index (χ0n) is 8.48. The number of rotatable bonds is 4. The van der Waals surface area contributed by atoms with Crippen molar-refractivity contribution in [3.8, 4) is 0 Å². The molecule has 2 N–H and O–H groups in total. The summed E-state index contributed by atoms with van der Waals surface area (Å²) in [5, 5.41) is 11.1. The molecule has 1 unspecified atom stereocenters. The normalized spacial score (nSPS) is 12.1. The first-order valence-electron chi connectivity index (χ1n) is 4.43. The highest BCUT2D eigenvalue weighted by Gasteiger charge is 2.15. The molecule has 1 rings (SSSR count). The number of carbonyl (C=O) groups excluding carboxylic acids is 1. The van der Waals surface area contributed by atoms with Crippen LogP contribution in [0.1, 0.15) is 28.7 Å². The van der Waals surface area contributed by atoms with Gasteiger partial charge in [0.1, 0.15) is 5.69 Å². The SMILES string of the molecule is Cc1scnc1C(=O)NC(C)CC(=O)O. The maximum atomic E-state index is 11.6. The van der Waals surface area contributed by atoms with E-state index in [9.17, 15) is 9.59 Å². The van der Waals surface area contributed by atoms with Gasteiger partial charge in [-0.15, -0.1) is 11.3 Å². The van der Waals surface area contributed by atoms with Crippen molar-refractivity contribution in [1.82, 2.24) is 10.3 Å². The van der Waals surface area contributed by atoms with E-state index >= 15 is 0 Å². The molecule has 15 heavy (non-hydrogen) atoms. The summed E-state index contributed by atoms with van der Waals surface area (Å²) in [4.78, 5) is 26.7. The molecule has 0 bridgehead atoms. The van der Waals surface area contributed by atoms with Crippen LogP contribution in [-0.2, 0) is 4.79 Å². The summed E-state index contributed by atoms with van der Waals surface area (Å²) in [6, 6.07) is -0.393. The molecule has 82 valence electrons. The molecule has 0 fully saturated rings. The number of nitrogens with zero attached hydrogens (tertiary/aromatic N) is 1. The quantitative estimate of drug-likeness (QED) is 0.807. The highest BCUT2D eigenvalue weighted by Crippen LogP contribution is 2.11. The fourth-order valence-corrected chi connectivity index (χ4v) is 1.70. The number of nitrogens with one attached hydrogen (secondary N) is 1. The monoisotopic (exact) mass is 228 g/mol. The van der Waals surface area contributed by atoms with E-state index in [0.29, 0.717) is 5.69 Å². The van der Waals surface area contributed by atoms with Gasteiger partial charge in [0, 0.05) is 10.9 Å². The minimum Gasteiger partial charge on any atom is -0.481 e. The molecular weight excluding hydrogens is 216 g/mol. The number of hydrogen-bond acceptors (Lipinski definition) is 4. The van der Waals surface area contributed by atoms with Gasteiger partial charge in [-0.2, -0.15) is 0 Å². The van der Waals surface area contributed by atoms with E-state index < -0.39 is 12.0 Å². The summed E-state index contributed by atoms with van der Waals surface area (Å²) in [5.74, 6) is -1.25. The molecule has 0 spiro atoms. The van der Waals surface area contributed by atoms with Crippen LogP contribution in [0, 0.1) is 6.92 Å². The molecule has 1 heterocycles. The number of carbonyl (C=O) groups is 2. The fraction of sp³-hybridized carbons (Fsp3) is 0.444. The number of aryl methyl sites for hydroxylation is 1. The number of thiazole rings is 1. The highest BCUT2D eigenvalue weighted by atomic mass is 32.1. The molecule has 0 saturated heterocycles. The average molecular weight is 228 g/mol. The Balaban J connectivity index is 2.56. The number of aliphatic carboxylic acids is 1. The van der Waals surface area contributed by atoms with Gasteiger partial charge in [-0.3, -0.25) is 9.59 Å². The first-order chi connectivity index (χ1) is 7.00. The second-order valence-electron chi connectivity index (χ2n) is 3.23. The van der Waals surface area contributed by atoms with Gasteiger partial charge in [-0.1, -0.05) is 0 Å². The second kappa shape index (κ2) is 4.88. The van der Waals surface area contributed by atoms with Gasteiger partial charge in [-0.05, 0) is 13.8 Å². The molecule has 1 aromatic rings. The topological polar surface area (TPSA) is 79.3 Å². The lowest BCUT2D eigenvalue weighted by Gasteiger charge is -2.10. The van der Waals surface area contributed by atoms with E-state index in [1.165, 1.54) is 11.3 Å². The standard InChI is InChI=1S/C9H12N2O3S/c1-5(3-7(12)13)11-9(14)8-6(2)15-4-10-8/h4-5H,3H2,1-2H3,(H,11,14)(H,12,13). The predicted octanol–water partition coefficient (Wildman–Crippen LogP) is 1.04. The largest absolute Gasteiger partial charge is 0.481 e. The molecule has 0 aliphatic carbocycles. The smallest absolute Gasteiger partial charge is 0.305 e. The van der Waals surface area contributed by atoms with Crippen LogP contribution in [-0.4, -0.2) is 28.0 Å². The Kier molecular flexibility index (Phi) is 3.79. The molecule has 5 nitrogen and oxygen atoms in total. The van der Waals surface area contributed by atoms with E-state index in [-0.39, 0.29) is 12.3 Å². The number of carboxylic acid groups (broad SMARTS) is 1. The molecule has 0 saturated carbocycles. The summed E-state index contributed by atoms with van der Waals surface area (Å²) in [6.07, 6.45) is -0.0884. The Labute approximate surface area is 91.1 Å². The third kappa shape index (κ3) is 3.32. The van der Waals surface area contributed by atoms with Crippen LogP contribution in [0.15, 0.2) is 5.51 Å². The zero-order chi connectivity index (χ0) is 11.4. The van der Waals surface area contributed by atoms with Crippen molar-refractivity contribution >= 4 is 23.2 Å². The summed E-state index contributed by atoms with van der Waals surface area (Å²) in [5.41, 5.74) is 1.96. The van der Waals surface area contributed by atoms with Crippen molar-refractivity contribution in [2.45, 2.75) is 26.3 Å². The Morgan fingerprint density at radius 1 is 1.67 bits per heavy atom. The number of aromatic nitrogens is 1. The summed E-state index contributed by atoms with van der Waals surface area (Å²) in [7, 11) is 0. The summed E-state index contributed by atoms with van der Waals surface area (Å²) >= 11 is 1.39. The van der Waals surface area contributed by atoms with Crippen LogP contribution in [0.25, 0.3) is 0 Å². The van der Waals surface area contributed by atoms with Crippen LogP contribution < -0.4 is 5.32 Å². The maximum absolute atomic E-state index is 11.6. The van der Waals surface area contributed by atoms with E-state index in [4.69, 9.17) is 5.11 Å². The molecule has 6 heteroatoms. The predicted molar refractivity (Wildman–Crippen MR) is 56.0 cm³/mol. The number of hydrogen-bond donors (Lipinski definition) is 2. The Bertz CT molecular complexity index is 375. The van der Waals surface area contributed by atoms with Gasteiger partial charge in [0.25, 0.3) is 5.91 Å². The van der Waals surface area contributed by atoms with Crippen molar-refractivity contribution in [1.29, 1.82) is 0 Å². The van der Waals surface area contributed by atoms with Crippen LogP contribution in [0.3, 0.4) is 0 Å². The molecule has 1 amide bonds. The minimum atomic E-state index is -0.933. The maximum Gasteiger partial charge on any atom is 0.305 e. The second-order valence-corrected chi connectivity index (χ2v) is 4.29. The van der Waals surface area contributed by atoms with Crippen molar-refractivity contribution < 1.29 is 14.7 Å². The molecule has 1 atom stereocenters. The molecule has 0 aliphatic heterocycles. The average Bonchev–Trinajstić information content (AvgIpc) is 2.49. The van der Waals surface area contributed by atoms with Crippen molar-refractivity contribution in [2.75, 3.05) is 0 Å². The van der Waals surface area contributed by atoms with Crippen molar-refractivity contribution in [3.63, 3.8) is 0 Å². The number of amides is 1. The molecular formula is C9H12N2O3S. The lowest BCUT2D eigenvalue weighted by atomic mass is 10.2. The Morgan fingerprint density at radius 2 is 2.33 bits per heavy atom. The van der Waals surface area contributed by atoms with E-state index in [1.807, 2.05) is 0 Å². The van der Waals surface area contributed by atoms with Gasteiger partial charge in [0.05, 0.1) is 11.9 Å². The first-order valence-corrected chi connectivity index (χ1v) is 5.31. The highest BCUT2D eigenvalue weighted by molar-refractivity contribution is 7.09.